The highest BCUT2D eigenvalue weighted by molar-refractivity contribution is 7.26. The van der Waals surface area contributed by atoms with Gasteiger partial charge in [-0.25, -0.2) is 15.0 Å². The lowest BCUT2D eigenvalue weighted by Gasteiger charge is -2.12. The molecule has 55 heavy (non-hydrogen) atoms. The number of aromatic nitrogens is 3. The van der Waals surface area contributed by atoms with Gasteiger partial charge >= 0.3 is 0 Å². The fourth-order valence-corrected chi connectivity index (χ4v) is 8.01. The first kappa shape index (κ1) is 26.7. The average Bonchev–Trinajstić information content (AvgIpc) is 3.72. The Morgan fingerprint density at radius 3 is 1.36 bits per heavy atom. The predicted octanol–water partition coefficient (Wildman–Crippen LogP) is 13.9. The van der Waals surface area contributed by atoms with Gasteiger partial charge in [0.2, 0.25) is 0 Å². The molecule has 4 heteroatoms. The minimum absolute atomic E-state index is 0.0634. The van der Waals surface area contributed by atoms with Gasteiger partial charge in [0.25, 0.3) is 0 Å². The molecule has 0 aliphatic rings. The second-order valence-corrected chi connectivity index (χ2v) is 14.2. The molecule has 0 saturated heterocycles. The zero-order valence-electron chi connectivity index (χ0n) is 35.3. The van der Waals surface area contributed by atoms with E-state index in [1.807, 2.05) is 158 Å². The first-order valence-corrected chi connectivity index (χ1v) is 18.8. The summed E-state index contributed by atoms with van der Waals surface area (Å²) in [5, 5.41) is 0.510. The first-order valence-electron chi connectivity index (χ1n) is 20.9. The maximum absolute atomic E-state index is 9.72. The van der Waals surface area contributed by atoms with Crippen molar-refractivity contribution in [1.82, 2.24) is 15.0 Å². The van der Waals surface area contributed by atoms with Crippen molar-refractivity contribution in [3.63, 3.8) is 0 Å². The third kappa shape index (κ3) is 6.39. The van der Waals surface area contributed by atoms with E-state index >= 15 is 0 Å². The van der Waals surface area contributed by atoms with Gasteiger partial charge in [-0.1, -0.05) is 176 Å². The van der Waals surface area contributed by atoms with Gasteiger partial charge < -0.3 is 0 Å². The van der Waals surface area contributed by atoms with Crippen LogP contribution in [0, 0.1) is 0 Å². The monoisotopic (exact) mass is 725 g/mol. The molecule has 0 atom stereocenters. The van der Waals surface area contributed by atoms with Crippen molar-refractivity contribution in [2.24, 2.45) is 0 Å². The van der Waals surface area contributed by atoms with Crippen molar-refractivity contribution in [2.45, 2.75) is 0 Å². The highest BCUT2D eigenvalue weighted by Crippen LogP contribution is 2.43. The fraction of sp³-hybridized carbons (Fsp3) is 0. The van der Waals surface area contributed by atoms with Crippen LogP contribution in [0.4, 0.5) is 0 Å². The van der Waals surface area contributed by atoms with Crippen LogP contribution in [0.2, 0.25) is 0 Å². The van der Waals surface area contributed by atoms with Gasteiger partial charge in [0, 0.05) is 36.9 Å². The molecule has 10 aromatic rings. The Labute approximate surface area is 332 Å². The zero-order chi connectivity index (χ0) is 41.8. The van der Waals surface area contributed by atoms with Crippen molar-refractivity contribution < 1.29 is 8.22 Å². The Balaban J connectivity index is 1.20. The smallest absolute Gasteiger partial charge is 0.164 e. The van der Waals surface area contributed by atoms with Crippen LogP contribution < -0.4 is 0 Å². The van der Waals surface area contributed by atoms with E-state index in [-0.39, 0.29) is 58.4 Å². The summed E-state index contributed by atoms with van der Waals surface area (Å²) in [5.41, 5.74) is 8.51. The van der Waals surface area contributed by atoms with Crippen LogP contribution in [0.5, 0.6) is 0 Å². The Kier molecular flexibility index (Phi) is 6.84. The van der Waals surface area contributed by atoms with Gasteiger partial charge in [-0.05, 0) is 68.7 Å². The van der Waals surface area contributed by atoms with E-state index in [4.69, 9.17) is 16.3 Å². The summed E-state index contributed by atoms with van der Waals surface area (Å²) in [4.78, 5) is 14.6. The van der Waals surface area contributed by atoms with Crippen LogP contribution in [0.15, 0.2) is 200 Å². The topological polar surface area (TPSA) is 38.7 Å². The SMILES string of the molecule is [2H]c1c([2H])c([2H])c2c(sc3c([2H])c(-c4nc(-c5ccccc5)nc(-c5ccc(-c6ccccc6)cc5)n4)c([2H])c([2H])c32)c1-c1cc(-c2ccccc2)cc(-c2ccccc2)c1. The molecular weight excluding hydrogens is 687 g/mol. The number of fused-ring (bicyclic) bond motifs is 3. The molecule has 2 aromatic heterocycles. The lowest BCUT2D eigenvalue weighted by Crippen LogP contribution is -2.00. The normalized spacial score (nSPS) is 12.8. The molecule has 0 aliphatic carbocycles. The summed E-state index contributed by atoms with van der Waals surface area (Å²) in [6, 6.07) is 52.2. The molecule has 10 rings (SSSR count). The Morgan fingerprint density at radius 2 is 0.800 bits per heavy atom. The Bertz CT molecular complexity index is 3230. The standard InChI is InChI=1S/C51H33N3S/c1-5-14-34(15-6-1)37-24-26-39(27-25-37)50-52-49(38-20-11-4-12-21-38)53-51(54-50)40-28-29-45-46-23-13-22-44(48(46)55-47(45)33-40)43-31-41(35-16-7-2-8-17-35)30-42(32-43)36-18-9-3-10-19-36/h1-33H/i13D,22D,23D,28D,29D,33D. The van der Waals surface area contributed by atoms with E-state index in [1.165, 1.54) is 11.3 Å². The quantitative estimate of drug-likeness (QED) is 0.164. The minimum Gasteiger partial charge on any atom is -0.208 e. The van der Waals surface area contributed by atoms with E-state index in [2.05, 4.69) is 6.07 Å². The Morgan fingerprint density at radius 1 is 0.364 bits per heavy atom. The third-order valence-corrected chi connectivity index (χ3v) is 10.8. The predicted molar refractivity (Wildman–Crippen MR) is 231 cm³/mol. The lowest BCUT2D eigenvalue weighted by atomic mass is 9.93. The molecule has 2 heterocycles. The molecule has 0 N–H and O–H groups in total. The van der Waals surface area contributed by atoms with Crippen LogP contribution in [-0.4, -0.2) is 15.0 Å². The van der Waals surface area contributed by atoms with E-state index in [9.17, 15) is 6.85 Å². The molecule has 3 nitrogen and oxygen atoms in total. The van der Waals surface area contributed by atoms with Crippen LogP contribution >= 0.6 is 11.3 Å². The number of rotatable bonds is 7. The maximum Gasteiger partial charge on any atom is 0.164 e. The summed E-state index contributed by atoms with van der Waals surface area (Å²) in [6.45, 7) is 0. The molecule has 0 aliphatic heterocycles. The van der Waals surface area contributed by atoms with Crippen molar-refractivity contribution >= 4 is 31.5 Å². The lowest BCUT2D eigenvalue weighted by molar-refractivity contribution is 1.07. The van der Waals surface area contributed by atoms with Crippen LogP contribution in [-0.2, 0) is 0 Å². The van der Waals surface area contributed by atoms with Crippen molar-refractivity contribution in [2.75, 3.05) is 0 Å². The van der Waals surface area contributed by atoms with Gasteiger partial charge in [0.1, 0.15) is 0 Å². The third-order valence-electron chi connectivity index (χ3n) is 9.64. The Hall–Kier alpha value is -7.01. The number of benzene rings is 8. The van der Waals surface area contributed by atoms with Crippen molar-refractivity contribution in [1.29, 1.82) is 0 Å². The van der Waals surface area contributed by atoms with Crippen LogP contribution in [0.1, 0.15) is 8.22 Å². The molecule has 258 valence electrons. The second kappa shape index (κ2) is 14.1. The zero-order valence-corrected chi connectivity index (χ0v) is 30.2. The number of hydrogen-bond donors (Lipinski definition) is 0. The highest BCUT2D eigenvalue weighted by atomic mass is 32.1. The summed E-state index contributed by atoms with van der Waals surface area (Å²) in [5.74, 6) is 0.789. The van der Waals surface area contributed by atoms with Gasteiger partial charge in [0.05, 0.1) is 8.22 Å². The highest BCUT2D eigenvalue weighted by Gasteiger charge is 2.17. The minimum atomic E-state index is -0.289. The first-order chi connectivity index (χ1) is 29.7. The van der Waals surface area contributed by atoms with Gasteiger partial charge in [-0.15, -0.1) is 11.3 Å². The molecule has 0 amide bonds. The van der Waals surface area contributed by atoms with E-state index in [0.717, 1.165) is 44.5 Å². The maximum atomic E-state index is 9.72. The molecule has 0 spiro atoms. The average molecular weight is 726 g/mol. The summed E-state index contributed by atoms with van der Waals surface area (Å²) < 4.78 is 57.0. The number of thiophene rings is 1. The molecular formula is C51H33N3S. The van der Waals surface area contributed by atoms with Crippen LogP contribution in [0.3, 0.4) is 0 Å². The largest absolute Gasteiger partial charge is 0.208 e. The second-order valence-electron chi connectivity index (χ2n) is 13.2. The van der Waals surface area contributed by atoms with E-state index in [1.54, 1.807) is 0 Å². The van der Waals surface area contributed by atoms with Gasteiger partial charge in [0.15, 0.2) is 17.5 Å². The molecule has 0 radical (unpaired) electrons. The molecule has 0 saturated carbocycles. The van der Waals surface area contributed by atoms with Gasteiger partial charge in [-0.2, -0.15) is 0 Å². The van der Waals surface area contributed by atoms with E-state index < -0.39 is 0 Å². The van der Waals surface area contributed by atoms with Crippen LogP contribution in [0.25, 0.3) is 98.8 Å². The fourth-order valence-electron chi connectivity index (χ4n) is 6.87. The van der Waals surface area contributed by atoms with Crippen molar-refractivity contribution in [3.8, 4) is 78.7 Å². The van der Waals surface area contributed by atoms with Crippen molar-refractivity contribution in [3.05, 3.63) is 200 Å². The summed E-state index contributed by atoms with van der Waals surface area (Å²) >= 11 is 1.20. The van der Waals surface area contributed by atoms with E-state index in [0.29, 0.717) is 32.2 Å². The van der Waals surface area contributed by atoms with Gasteiger partial charge in [-0.3, -0.25) is 0 Å². The molecule has 0 fully saturated rings. The summed E-state index contributed by atoms with van der Waals surface area (Å²) in [6.07, 6.45) is 0. The summed E-state index contributed by atoms with van der Waals surface area (Å²) in [7, 11) is 0. The molecule has 0 bridgehead atoms. The molecule has 0 unspecified atom stereocenters. The molecule has 8 aromatic carbocycles. The number of hydrogen-bond acceptors (Lipinski definition) is 4. The number of nitrogens with zero attached hydrogens (tertiary/aromatic N) is 3.